The summed E-state index contributed by atoms with van der Waals surface area (Å²) in [7, 11) is 3.19. The first-order valence-electron chi connectivity index (χ1n) is 8.92. The van der Waals surface area contributed by atoms with Gasteiger partial charge in [-0.15, -0.1) is 0 Å². The molecule has 1 amide bonds. The summed E-state index contributed by atoms with van der Waals surface area (Å²) in [6, 6.07) is 10.6. The molecule has 152 valence electrons. The van der Waals surface area contributed by atoms with Crippen molar-refractivity contribution in [3.05, 3.63) is 52.5 Å². The van der Waals surface area contributed by atoms with Gasteiger partial charge in [-0.3, -0.25) is 4.79 Å². The highest BCUT2D eigenvalue weighted by Gasteiger charge is 2.14. The number of methoxy groups -OCH3 is 2. The summed E-state index contributed by atoms with van der Waals surface area (Å²) in [5.74, 6) is 1.61. The SMILES string of the molecule is COCCOc1ccc(C(C)NC(=O)COc2ccc(Cl)c(C)c2)cc1OC. The maximum Gasteiger partial charge on any atom is 0.258 e. The van der Waals surface area contributed by atoms with E-state index in [1.54, 1.807) is 32.4 Å². The van der Waals surface area contributed by atoms with E-state index >= 15 is 0 Å². The van der Waals surface area contributed by atoms with Gasteiger partial charge in [0.05, 0.1) is 19.8 Å². The number of benzene rings is 2. The van der Waals surface area contributed by atoms with Gasteiger partial charge in [0.15, 0.2) is 18.1 Å². The Kier molecular flexibility index (Phi) is 8.42. The average Bonchev–Trinajstić information content (AvgIpc) is 2.69. The van der Waals surface area contributed by atoms with Crippen molar-refractivity contribution < 1.29 is 23.7 Å². The Balaban J connectivity index is 1.92. The molecule has 0 aliphatic carbocycles. The number of carbonyl (C=O) groups excluding carboxylic acids is 1. The lowest BCUT2D eigenvalue weighted by Gasteiger charge is -2.17. The van der Waals surface area contributed by atoms with Crippen LogP contribution in [0.2, 0.25) is 5.02 Å². The van der Waals surface area contributed by atoms with Crippen LogP contribution in [-0.4, -0.2) is 39.9 Å². The molecule has 0 aliphatic rings. The van der Waals surface area contributed by atoms with Crippen molar-refractivity contribution in [1.82, 2.24) is 5.32 Å². The maximum absolute atomic E-state index is 12.2. The average molecular weight is 408 g/mol. The molecule has 0 saturated carbocycles. The minimum absolute atomic E-state index is 0.0826. The molecule has 1 atom stereocenters. The molecule has 0 aliphatic heterocycles. The first kappa shape index (κ1) is 21.9. The summed E-state index contributed by atoms with van der Waals surface area (Å²) < 4.78 is 21.5. The Morgan fingerprint density at radius 1 is 1.07 bits per heavy atom. The molecule has 6 nitrogen and oxygen atoms in total. The molecule has 1 unspecified atom stereocenters. The Morgan fingerprint density at radius 2 is 1.86 bits per heavy atom. The third kappa shape index (κ3) is 6.32. The van der Waals surface area contributed by atoms with Gasteiger partial charge >= 0.3 is 0 Å². The fourth-order valence-corrected chi connectivity index (χ4v) is 2.65. The molecule has 7 heteroatoms. The van der Waals surface area contributed by atoms with Crippen LogP contribution in [0.3, 0.4) is 0 Å². The van der Waals surface area contributed by atoms with Crippen LogP contribution < -0.4 is 19.5 Å². The summed E-state index contributed by atoms with van der Waals surface area (Å²) in [4.78, 5) is 12.2. The molecule has 2 aromatic rings. The predicted octanol–water partition coefficient (Wildman–Crippen LogP) is 3.94. The number of amides is 1. The van der Waals surface area contributed by atoms with Gasteiger partial charge in [-0.1, -0.05) is 17.7 Å². The quantitative estimate of drug-likeness (QED) is 0.604. The summed E-state index contributed by atoms with van der Waals surface area (Å²) in [5.41, 5.74) is 1.79. The van der Waals surface area contributed by atoms with E-state index in [1.165, 1.54) is 0 Å². The van der Waals surface area contributed by atoms with Gasteiger partial charge in [0, 0.05) is 12.1 Å². The number of halogens is 1. The monoisotopic (exact) mass is 407 g/mol. The van der Waals surface area contributed by atoms with E-state index in [4.69, 9.17) is 30.5 Å². The van der Waals surface area contributed by atoms with Crippen molar-refractivity contribution in [3.63, 3.8) is 0 Å². The molecular weight excluding hydrogens is 382 g/mol. The largest absolute Gasteiger partial charge is 0.493 e. The molecule has 0 aromatic heterocycles. The van der Waals surface area contributed by atoms with Gasteiger partial charge in [-0.05, 0) is 55.3 Å². The molecule has 0 spiro atoms. The number of carbonyl (C=O) groups is 1. The fraction of sp³-hybridized carbons (Fsp3) is 0.381. The third-order valence-corrected chi connectivity index (χ3v) is 4.53. The Morgan fingerprint density at radius 3 is 2.54 bits per heavy atom. The summed E-state index contributed by atoms with van der Waals surface area (Å²) in [6.45, 7) is 4.61. The summed E-state index contributed by atoms with van der Waals surface area (Å²) in [6.07, 6.45) is 0. The van der Waals surface area contributed by atoms with Gasteiger partial charge in [0.25, 0.3) is 5.91 Å². The van der Waals surface area contributed by atoms with Gasteiger partial charge in [-0.2, -0.15) is 0 Å². The summed E-state index contributed by atoms with van der Waals surface area (Å²) in [5, 5.41) is 3.57. The van der Waals surface area contributed by atoms with Gasteiger partial charge in [-0.25, -0.2) is 0 Å². The maximum atomic E-state index is 12.2. The zero-order valence-corrected chi connectivity index (χ0v) is 17.3. The zero-order chi connectivity index (χ0) is 20.5. The van der Waals surface area contributed by atoms with Crippen LogP contribution in [0.5, 0.6) is 17.2 Å². The van der Waals surface area contributed by atoms with Crippen molar-refractivity contribution in [2.75, 3.05) is 34.0 Å². The van der Waals surface area contributed by atoms with E-state index in [1.807, 2.05) is 32.0 Å². The number of hydrogen-bond donors (Lipinski definition) is 1. The van der Waals surface area contributed by atoms with Crippen LogP contribution in [0.25, 0.3) is 0 Å². The van der Waals surface area contributed by atoms with Crippen LogP contribution in [0.15, 0.2) is 36.4 Å². The number of nitrogens with one attached hydrogen (secondary N) is 1. The van der Waals surface area contributed by atoms with Crippen molar-refractivity contribution in [1.29, 1.82) is 0 Å². The topological polar surface area (TPSA) is 66.0 Å². The molecule has 0 heterocycles. The van der Waals surface area contributed by atoms with Crippen molar-refractivity contribution >= 4 is 17.5 Å². The van der Waals surface area contributed by atoms with E-state index in [0.29, 0.717) is 35.5 Å². The molecular formula is C21H26ClNO5. The van der Waals surface area contributed by atoms with Crippen LogP contribution >= 0.6 is 11.6 Å². The summed E-state index contributed by atoms with van der Waals surface area (Å²) >= 11 is 5.99. The molecule has 0 fully saturated rings. The van der Waals surface area contributed by atoms with Gasteiger partial charge in [0.2, 0.25) is 0 Å². The number of ether oxygens (including phenoxy) is 4. The predicted molar refractivity (Wildman–Crippen MR) is 109 cm³/mol. The lowest BCUT2D eigenvalue weighted by molar-refractivity contribution is -0.123. The second kappa shape index (κ2) is 10.8. The van der Waals surface area contributed by atoms with Crippen LogP contribution in [0, 0.1) is 6.92 Å². The second-order valence-electron chi connectivity index (χ2n) is 6.24. The third-order valence-electron chi connectivity index (χ3n) is 4.11. The highest BCUT2D eigenvalue weighted by molar-refractivity contribution is 6.31. The molecule has 28 heavy (non-hydrogen) atoms. The zero-order valence-electron chi connectivity index (χ0n) is 16.6. The van der Waals surface area contributed by atoms with Gasteiger partial charge in [0.1, 0.15) is 12.4 Å². The number of rotatable bonds is 10. The van der Waals surface area contributed by atoms with Crippen molar-refractivity contribution in [2.45, 2.75) is 19.9 Å². The molecule has 1 N–H and O–H groups in total. The lowest BCUT2D eigenvalue weighted by atomic mass is 10.1. The Hall–Kier alpha value is -2.44. The first-order valence-corrected chi connectivity index (χ1v) is 9.30. The number of aryl methyl sites for hydroxylation is 1. The highest BCUT2D eigenvalue weighted by Crippen LogP contribution is 2.30. The minimum atomic E-state index is -0.223. The molecule has 0 saturated heterocycles. The Labute approximate surface area is 170 Å². The molecule has 2 rings (SSSR count). The molecule has 2 aromatic carbocycles. The van der Waals surface area contributed by atoms with Crippen LogP contribution in [-0.2, 0) is 9.53 Å². The van der Waals surface area contributed by atoms with E-state index in [0.717, 1.165) is 11.1 Å². The smallest absolute Gasteiger partial charge is 0.258 e. The van der Waals surface area contributed by atoms with Crippen molar-refractivity contribution in [2.24, 2.45) is 0 Å². The van der Waals surface area contributed by atoms with Crippen LogP contribution in [0.4, 0.5) is 0 Å². The first-order chi connectivity index (χ1) is 13.4. The van der Waals surface area contributed by atoms with E-state index in [9.17, 15) is 4.79 Å². The van der Waals surface area contributed by atoms with E-state index < -0.39 is 0 Å². The lowest BCUT2D eigenvalue weighted by Crippen LogP contribution is -2.31. The normalized spacial score (nSPS) is 11.6. The Bertz CT molecular complexity index is 796. The van der Waals surface area contributed by atoms with Crippen LogP contribution in [0.1, 0.15) is 24.1 Å². The number of hydrogen-bond acceptors (Lipinski definition) is 5. The van der Waals surface area contributed by atoms with E-state index in [2.05, 4.69) is 5.32 Å². The fourth-order valence-electron chi connectivity index (χ4n) is 2.53. The van der Waals surface area contributed by atoms with E-state index in [-0.39, 0.29) is 18.6 Å². The van der Waals surface area contributed by atoms with Gasteiger partial charge < -0.3 is 24.3 Å². The standard InChI is InChI=1S/C21H26ClNO5/c1-14-11-17(6-7-18(14)22)28-13-21(24)23-15(2)16-5-8-19(20(12-16)26-4)27-10-9-25-3/h5-8,11-12,15H,9-10,13H2,1-4H3,(H,23,24). The highest BCUT2D eigenvalue weighted by atomic mass is 35.5. The molecule has 0 radical (unpaired) electrons. The minimum Gasteiger partial charge on any atom is -0.493 e. The second-order valence-corrected chi connectivity index (χ2v) is 6.65. The molecule has 0 bridgehead atoms. The van der Waals surface area contributed by atoms with Crippen molar-refractivity contribution in [3.8, 4) is 17.2 Å².